The zero-order chi connectivity index (χ0) is 17.0. The van der Waals surface area contributed by atoms with E-state index in [0.717, 1.165) is 0 Å². The average Bonchev–Trinajstić information content (AvgIpc) is 2.45. The third-order valence-electron chi connectivity index (χ3n) is 2.69. The number of alkyl halides is 3. The second-order valence-corrected chi connectivity index (χ2v) is 4.91. The SMILES string of the molecule is O=[N+]([O-])c1ccc(Cl)cc1Nc1ccc(OCC(F)(F)F)cc1. The minimum Gasteiger partial charge on any atom is -0.484 e. The van der Waals surface area contributed by atoms with Crippen molar-refractivity contribution >= 4 is 28.7 Å². The third kappa shape index (κ3) is 5.03. The van der Waals surface area contributed by atoms with E-state index >= 15 is 0 Å². The van der Waals surface area contributed by atoms with Gasteiger partial charge < -0.3 is 10.1 Å². The van der Waals surface area contributed by atoms with Crippen LogP contribution in [0.2, 0.25) is 5.02 Å². The molecule has 122 valence electrons. The van der Waals surface area contributed by atoms with Crippen molar-refractivity contribution in [1.82, 2.24) is 0 Å². The van der Waals surface area contributed by atoms with E-state index in [4.69, 9.17) is 11.6 Å². The molecule has 0 aliphatic rings. The van der Waals surface area contributed by atoms with E-state index in [1.807, 2.05) is 0 Å². The van der Waals surface area contributed by atoms with Gasteiger partial charge in [0.2, 0.25) is 0 Å². The Bertz CT molecular complexity index is 705. The smallest absolute Gasteiger partial charge is 0.422 e. The van der Waals surface area contributed by atoms with Crippen LogP contribution in [0.1, 0.15) is 0 Å². The summed E-state index contributed by atoms with van der Waals surface area (Å²) >= 11 is 5.81. The number of hydrogen-bond donors (Lipinski definition) is 1. The Balaban J connectivity index is 2.12. The molecule has 9 heteroatoms. The molecule has 0 amide bonds. The van der Waals surface area contributed by atoms with E-state index < -0.39 is 17.7 Å². The molecular formula is C14H10ClF3N2O3. The summed E-state index contributed by atoms with van der Waals surface area (Å²) in [5.41, 5.74) is 0.438. The molecule has 0 aromatic heterocycles. The number of benzene rings is 2. The van der Waals surface area contributed by atoms with Crippen molar-refractivity contribution in [2.45, 2.75) is 6.18 Å². The maximum Gasteiger partial charge on any atom is 0.422 e. The van der Waals surface area contributed by atoms with Crippen LogP contribution in [0.4, 0.5) is 30.2 Å². The van der Waals surface area contributed by atoms with Gasteiger partial charge in [-0.15, -0.1) is 0 Å². The van der Waals surface area contributed by atoms with Crippen LogP contribution in [0.3, 0.4) is 0 Å². The number of nitrogens with zero attached hydrogens (tertiary/aromatic N) is 1. The highest BCUT2D eigenvalue weighted by Crippen LogP contribution is 2.31. The topological polar surface area (TPSA) is 64.4 Å². The monoisotopic (exact) mass is 346 g/mol. The van der Waals surface area contributed by atoms with E-state index in [2.05, 4.69) is 10.1 Å². The second kappa shape index (κ2) is 6.74. The molecule has 0 heterocycles. The predicted molar refractivity (Wildman–Crippen MR) is 79.4 cm³/mol. The Labute approximate surface area is 133 Å². The van der Waals surface area contributed by atoms with Crippen LogP contribution in [-0.2, 0) is 0 Å². The molecule has 0 saturated carbocycles. The van der Waals surface area contributed by atoms with Gasteiger partial charge in [-0.25, -0.2) is 0 Å². The van der Waals surface area contributed by atoms with E-state index in [1.54, 1.807) is 0 Å². The van der Waals surface area contributed by atoms with E-state index in [1.165, 1.54) is 42.5 Å². The molecule has 0 saturated heterocycles. The Morgan fingerprint density at radius 3 is 2.39 bits per heavy atom. The molecule has 0 fully saturated rings. The Morgan fingerprint density at radius 2 is 1.83 bits per heavy atom. The van der Waals surface area contributed by atoms with E-state index in [0.29, 0.717) is 10.7 Å². The van der Waals surface area contributed by atoms with Crippen molar-refractivity contribution in [3.8, 4) is 5.75 Å². The molecule has 0 unspecified atom stereocenters. The van der Waals surface area contributed by atoms with Crippen LogP contribution in [0.25, 0.3) is 0 Å². The normalized spacial score (nSPS) is 11.1. The van der Waals surface area contributed by atoms with Crippen LogP contribution in [-0.4, -0.2) is 17.7 Å². The minimum atomic E-state index is -4.42. The minimum absolute atomic E-state index is 0.0356. The number of rotatable bonds is 5. The molecule has 2 aromatic carbocycles. The van der Waals surface area contributed by atoms with Crippen LogP contribution in [0, 0.1) is 10.1 Å². The van der Waals surface area contributed by atoms with Crippen molar-refractivity contribution in [2.24, 2.45) is 0 Å². The van der Waals surface area contributed by atoms with Crippen molar-refractivity contribution in [3.63, 3.8) is 0 Å². The van der Waals surface area contributed by atoms with Crippen molar-refractivity contribution in [1.29, 1.82) is 0 Å². The molecule has 2 rings (SSSR count). The van der Waals surface area contributed by atoms with Crippen molar-refractivity contribution < 1.29 is 22.8 Å². The molecule has 23 heavy (non-hydrogen) atoms. The van der Waals surface area contributed by atoms with Gasteiger partial charge in [-0.05, 0) is 36.4 Å². The van der Waals surface area contributed by atoms with Gasteiger partial charge in [0, 0.05) is 16.8 Å². The Morgan fingerprint density at radius 1 is 1.17 bits per heavy atom. The zero-order valence-electron chi connectivity index (χ0n) is 11.4. The fraction of sp³-hybridized carbons (Fsp3) is 0.143. The number of halogens is 4. The standard InChI is InChI=1S/C14H10ClF3N2O3/c15-9-1-6-13(20(21)22)12(7-9)19-10-2-4-11(5-3-10)23-8-14(16,17)18/h1-7,19H,8H2. The van der Waals surface area contributed by atoms with Crippen molar-refractivity contribution in [3.05, 3.63) is 57.6 Å². The van der Waals surface area contributed by atoms with E-state index in [9.17, 15) is 23.3 Å². The van der Waals surface area contributed by atoms with E-state index in [-0.39, 0.29) is 17.1 Å². The highest BCUT2D eigenvalue weighted by molar-refractivity contribution is 6.31. The highest BCUT2D eigenvalue weighted by atomic mass is 35.5. The van der Waals surface area contributed by atoms with Crippen molar-refractivity contribution in [2.75, 3.05) is 11.9 Å². The summed E-state index contributed by atoms with van der Waals surface area (Å²) in [6, 6.07) is 9.56. The second-order valence-electron chi connectivity index (χ2n) is 4.47. The van der Waals surface area contributed by atoms with Gasteiger partial charge in [-0.2, -0.15) is 13.2 Å². The first kappa shape index (κ1) is 16.9. The number of anilines is 2. The first-order chi connectivity index (χ1) is 10.7. The highest BCUT2D eigenvalue weighted by Gasteiger charge is 2.28. The summed E-state index contributed by atoms with van der Waals surface area (Å²) in [5.74, 6) is 0.0356. The molecule has 0 spiro atoms. The third-order valence-corrected chi connectivity index (χ3v) is 2.93. The van der Waals surface area contributed by atoms with Crippen LogP contribution < -0.4 is 10.1 Å². The molecule has 5 nitrogen and oxygen atoms in total. The maximum atomic E-state index is 12.1. The summed E-state index contributed by atoms with van der Waals surface area (Å²) in [6.07, 6.45) is -4.42. The fourth-order valence-corrected chi connectivity index (χ4v) is 1.89. The lowest BCUT2D eigenvalue weighted by atomic mass is 10.2. The summed E-state index contributed by atoms with van der Waals surface area (Å²) in [7, 11) is 0. The quantitative estimate of drug-likeness (QED) is 0.615. The van der Waals surface area contributed by atoms with Crippen LogP contribution in [0.5, 0.6) is 5.75 Å². The number of nitro groups is 1. The number of nitro benzene ring substituents is 1. The summed E-state index contributed by atoms with van der Waals surface area (Å²) in [5, 5.41) is 14.1. The van der Waals surface area contributed by atoms with Gasteiger partial charge >= 0.3 is 6.18 Å². The van der Waals surface area contributed by atoms with Gasteiger partial charge in [0.05, 0.1) is 4.92 Å². The molecule has 2 aromatic rings. The molecule has 0 aliphatic carbocycles. The Hall–Kier alpha value is -2.48. The van der Waals surface area contributed by atoms with Gasteiger partial charge in [0.1, 0.15) is 11.4 Å². The lowest BCUT2D eigenvalue weighted by molar-refractivity contribution is -0.383. The molecule has 0 aliphatic heterocycles. The van der Waals surface area contributed by atoms with Crippen LogP contribution >= 0.6 is 11.6 Å². The van der Waals surface area contributed by atoms with Gasteiger partial charge in [0.15, 0.2) is 6.61 Å². The lowest BCUT2D eigenvalue weighted by Gasteiger charge is -2.11. The van der Waals surface area contributed by atoms with Gasteiger partial charge in [0.25, 0.3) is 5.69 Å². The largest absolute Gasteiger partial charge is 0.484 e. The molecule has 0 bridgehead atoms. The number of hydrogen-bond acceptors (Lipinski definition) is 4. The molecule has 1 N–H and O–H groups in total. The summed E-state index contributed by atoms with van der Waals surface area (Å²) in [6.45, 7) is -1.39. The fourth-order valence-electron chi connectivity index (χ4n) is 1.72. The first-order valence-corrected chi connectivity index (χ1v) is 6.63. The first-order valence-electron chi connectivity index (χ1n) is 6.25. The molecule has 0 radical (unpaired) electrons. The van der Waals surface area contributed by atoms with Gasteiger partial charge in [-0.3, -0.25) is 10.1 Å². The van der Waals surface area contributed by atoms with Crippen LogP contribution in [0.15, 0.2) is 42.5 Å². The predicted octanol–water partition coefficient (Wildman–Crippen LogP) is 4.93. The summed E-state index contributed by atoms with van der Waals surface area (Å²) in [4.78, 5) is 10.4. The number of ether oxygens (including phenoxy) is 1. The average molecular weight is 347 g/mol. The maximum absolute atomic E-state index is 12.1. The molecule has 0 atom stereocenters. The number of nitrogens with one attached hydrogen (secondary N) is 1. The Kier molecular flexibility index (Phi) is 4.95. The lowest BCUT2D eigenvalue weighted by Crippen LogP contribution is -2.19. The van der Waals surface area contributed by atoms with Gasteiger partial charge in [-0.1, -0.05) is 11.6 Å². The molecular weight excluding hydrogens is 337 g/mol. The summed E-state index contributed by atoms with van der Waals surface area (Å²) < 4.78 is 40.7. The zero-order valence-corrected chi connectivity index (χ0v) is 12.2.